The van der Waals surface area contributed by atoms with Gasteiger partial charge in [-0.2, -0.15) is 0 Å². The predicted molar refractivity (Wildman–Crippen MR) is 96.3 cm³/mol. The molecule has 0 aliphatic heterocycles. The fourth-order valence-electron chi connectivity index (χ4n) is 4.41. The van der Waals surface area contributed by atoms with Crippen LogP contribution in [0.15, 0.2) is 30.3 Å². The van der Waals surface area contributed by atoms with Crippen molar-refractivity contribution in [2.24, 2.45) is 5.92 Å². The molecule has 0 amide bonds. The van der Waals surface area contributed by atoms with Crippen molar-refractivity contribution >= 4 is 44.0 Å². The van der Waals surface area contributed by atoms with Crippen LogP contribution in [0.5, 0.6) is 0 Å². The fourth-order valence-corrected chi connectivity index (χ4v) is 4.41. The molecule has 126 valence electrons. The van der Waals surface area contributed by atoms with E-state index in [9.17, 15) is 9.18 Å². The Balaban J connectivity index is 1.99. The Morgan fingerprint density at radius 1 is 1.12 bits per heavy atom. The second-order valence-corrected chi connectivity index (χ2v) is 7.24. The summed E-state index contributed by atoms with van der Waals surface area (Å²) in [6.07, 6.45) is 1.29. The van der Waals surface area contributed by atoms with Crippen molar-refractivity contribution in [2.75, 3.05) is 0 Å². The first kappa shape index (κ1) is 14.1. The van der Waals surface area contributed by atoms with E-state index in [0.29, 0.717) is 23.0 Å². The number of hydrogen-bond acceptors (Lipinski definition) is 4. The van der Waals surface area contributed by atoms with Crippen molar-refractivity contribution in [3.8, 4) is 0 Å². The summed E-state index contributed by atoms with van der Waals surface area (Å²) in [6, 6.07) is 8.42. The first-order valence-corrected chi connectivity index (χ1v) is 8.66. The SMILES string of the molecule is CC1CC(=O)c2c(nc3ccc4nnn5c6cc(F)ccc6c2c3c45)C1. The number of hydrogen-bond donors (Lipinski definition) is 0. The summed E-state index contributed by atoms with van der Waals surface area (Å²) < 4.78 is 15.6. The van der Waals surface area contributed by atoms with Crippen LogP contribution in [-0.2, 0) is 6.42 Å². The molecule has 5 nitrogen and oxygen atoms in total. The van der Waals surface area contributed by atoms with E-state index in [1.165, 1.54) is 12.1 Å². The topological polar surface area (TPSA) is 60.2 Å². The zero-order valence-electron chi connectivity index (χ0n) is 14.0. The van der Waals surface area contributed by atoms with E-state index in [0.717, 1.165) is 39.3 Å². The smallest absolute Gasteiger partial charge is 0.165 e. The van der Waals surface area contributed by atoms with E-state index in [4.69, 9.17) is 4.98 Å². The summed E-state index contributed by atoms with van der Waals surface area (Å²) in [7, 11) is 0. The van der Waals surface area contributed by atoms with Gasteiger partial charge < -0.3 is 0 Å². The second kappa shape index (κ2) is 4.52. The third kappa shape index (κ3) is 1.59. The third-order valence-corrected chi connectivity index (χ3v) is 5.44. The minimum atomic E-state index is -0.342. The van der Waals surface area contributed by atoms with Crippen molar-refractivity contribution in [3.63, 3.8) is 0 Å². The van der Waals surface area contributed by atoms with E-state index < -0.39 is 0 Å². The van der Waals surface area contributed by atoms with E-state index in [1.807, 2.05) is 12.1 Å². The lowest BCUT2D eigenvalue weighted by molar-refractivity contribution is 0.0954. The van der Waals surface area contributed by atoms with Gasteiger partial charge >= 0.3 is 0 Å². The number of carbonyl (C=O) groups is 1. The van der Waals surface area contributed by atoms with Crippen molar-refractivity contribution in [3.05, 3.63) is 47.4 Å². The van der Waals surface area contributed by atoms with Gasteiger partial charge in [0, 0.05) is 34.2 Å². The molecule has 0 bridgehead atoms. The lowest BCUT2D eigenvalue weighted by atomic mass is 9.83. The Labute approximate surface area is 146 Å². The van der Waals surface area contributed by atoms with E-state index in [-0.39, 0.29) is 17.5 Å². The molecule has 3 aromatic heterocycles. The van der Waals surface area contributed by atoms with Gasteiger partial charge in [0.25, 0.3) is 0 Å². The van der Waals surface area contributed by atoms with Gasteiger partial charge in [0.2, 0.25) is 0 Å². The first-order chi connectivity index (χ1) is 12.6. The molecule has 6 heteroatoms. The minimum Gasteiger partial charge on any atom is -0.294 e. The number of carbonyl (C=O) groups excluding carboxylic acids is 1. The average Bonchev–Trinajstić information content (AvgIpc) is 3.04. The number of fused-ring (bicyclic) bond motifs is 5. The van der Waals surface area contributed by atoms with Crippen LogP contribution >= 0.6 is 0 Å². The van der Waals surface area contributed by atoms with E-state index in [1.54, 1.807) is 10.6 Å². The molecule has 0 radical (unpaired) electrons. The molecule has 1 unspecified atom stereocenters. The van der Waals surface area contributed by atoms with Crippen LogP contribution in [0.2, 0.25) is 0 Å². The summed E-state index contributed by atoms with van der Waals surface area (Å²) in [4.78, 5) is 17.7. The zero-order valence-corrected chi connectivity index (χ0v) is 14.0. The summed E-state index contributed by atoms with van der Waals surface area (Å²) in [6.45, 7) is 2.07. The highest BCUT2D eigenvalue weighted by Gasteiger charge is 2.29. The monoisotopic (exact) mass is 344 g/mol. The lowest BCUT2D eigenvalue weighted by Gasteiger charge is -2.23. The maximum absolute atomic E-state index is 14.0. The number of aromatic nitrogens is 4. The highest BCUT2D eigenvalue weighted by molar-refractivity contribution is 6.27. The number of rotatable bonds is 0. The van der Waals surface area contributed by atoms with Gasteiger partial charge in [0.05, 0.1) is 16.7 Å². The Morgan fingerprint density at radius 2 is 1.96 bits per heavy atom. The first-order valence-electron chi connectivity index (χ1n) is 8.66. The molecule has 0 N–H and O–H groups in total. The molecule has 5 aromatic rings. The summed E-state index contributed by atoms with van der Waals surface area (Å²) in [5.74, 6) is 0.0432. The van der Waals surface area contributed by atoms with Crippen LogP contribution in [0.25, 0.3) is 38.2 Å². The van der Waals surface area contributed by atoms with Gasteiger partial charge in [-0.15, -0.1) is 5.10 Å². The maximum atomic E-state index is 14.0. The standard InChI is InChI=1S/C20H13FN4O/c1-9-6-14-18(16(26)7-9)17-11-3-2-10(21)8-15(11)25-20-13(23-24-25)5-4-12(22-14)19(17)20/h2-5,8-9H,6-7H2,1H3. The molecule has 6 rings (SSSR count). The van der Waals surface area contributed by atoms with Crippen molar-refractivity contribution in [1.29, 1.82) is 0 Å². The third-order valence-electron chi connectivity index (χ3n) is 5.44. The number of halogens is 1. The molecule has 3 heterocycles. The lowest BCUT2D eigenvalue weighted by Crippen LogP contribution is -2.20. The van der Waals surface area contributed by atoms with Gasteiger partial charge in [-0.1, -0.05) is 12.1 Å². The number of benzene rings is 2. The summed E-state index contributed by atoms with van der Waals surface area (Å²) in [5.41, 5.74) is 4.47. The van der Waals surface area contributed by atoms with Crippen LogP contribution in [0.3, 0.4) is 0 Å². The Hall–Kier alpha value is -3.15. The quantitative estimate of drug-likeness (QED) is 0.315. The van der Waals surface area contributed by atoms with E-state index >= 15 is 0 Å². The average molecular weight is 344 g/mol. The normalized spacial score (nSPS) is 17.8. The zero-order chi connectivity index (χ0) is 17.6. The van der Waals surface area contributed by atoms with Crippen LogP contribution < -0.4 is 0 Å². The van der Waals surface area contributed by atoms with Crippen molar-refractivity contribution in [1.82, 2.24) is 19.8 Å². The fraction of sp³-hybridized carbons (Fsp3) is 0.200. The van der Waals surface area contributed by atoms with Gasteiger partial charge in [0.1, 0.15) is 16.9 Å². The largest absolute Gasteiger partial charge is 0.294 e. The molecule has 0 saturated carbocycles. The molecule has 1 atom stereocenters. The highest BCUT2D eigenvalue weighted by atomic mass is 19.1. The van der Waals surface area contributed by atoms with Gasteiger partial charge in [-0.25, -0.2) is 8.91 Å². The molecule has 0 fully saturated rings. The molecule has 1 aliphatic rings. The molecule has 2 aromatic carbocycles. The Bertz CT molecular complexity index is 1390. The van der Waals surface area contributed by atoms with Crippen molar-refractivity contribution in [2.45, 2.75) is 19.8 Å². The van der Waals surface area contributed by atoms with Gasteiger partial charge in [-0.3, -0.25) is 9.78 Å². The van der Waals surface area contributed by atoms with Gasteiger partial charge in [0.15, 0.2) is 5.78 Å². The Morgan fingerprint density at radius 3 is 2.85 bits per heavy atom. The van der Waals surface area contributed by atoms with Crippen LogP contribution in [-0.4, -0.2) is 25.6 Å². The minimum absolute atomic E-state index is 0.108. The van der Waals surface area contributed by atoms with Crippen LogP contribution in [0, 0.1) is 11.7 Å². The molecule has 0 saturated heterocycles. The molecule has 0 spiro atoms. The number of ketones is 1. The second-order valence-electron chi connectivity index (χ2n) is 7.24. The molecular formula is C20H13FN4O. The van der Waals surface area contributed by atoms with Crippen molar-refractivity contribution < 1.29 is 9.18 Å². The molecule has 26 heavy (non-hydrogen) atoms. The Kier molecular flexibility index (Phi) is 2.44. The number of Topliss-reactive ketones (excluding diaryl/α,β-unsaturated/α-hetero) is 1. The maximum Gasteiger partial charge on any atom is 0.165 e. The molecular weight excluding hydrogens is 331 g/mol. The predicted octanol–water partition coefficient (Wildman–Crippen LogP) is 3.93. The number of nitrogens with zero attached hydrogens (tertiary/aromatic N) is 4. The highest BCUT2D eigenvalue weighted by Crippen LogP contribution is 2.40. The summed E-state index contributed by atoms with van der Waals surface area (Å²) >= 11 is 0. The van der Waals surface area contributed by atoms with Crippen LogP contribution in [0.4, 0.5) is 4.39 Å². The molecule has 1 aliphatic carbocycles. The van der Waals surface area contributed by atoms with Crippen LogP contribution in [0.1, 0.15) is 29.4 Å². The summed E-state index contributed by atoms with van der Waals surface area (Å²) in [5, 5.41) is 11.0. The van der Waals surface area contributed by atoms with Gasteiger partial charge in [-0.05, 0) is 36.6 Å². The number of pyridine rings is 2. The van der Waals surface area contributed by atoms with E-state index in [2.05, 4.69) is 17.2 Å².